The fraction of sp³-hybridized carbons (Fsp3) is 0.292. The van der Waals surface area contributed by atoms with E-state index in [1.807, 2.05) is 29.3 Å². The summed E-state index contributed by atoms with van der Waals surface area (Å²) in [5, 5.41) is 8.32. The Labute approximate surface area is 185 Å². The number of anilines is 1. The molecular formula is C24H23N7O. The molecule has 8 heteroatoms. The molecule has 2 fully saturated rings. The molecule has 3 aromatic heterocycles. The van der Waals surface area contributed by atoms with Gasteiger partial charge in [-0.05, 0) is 43.2 Å². The van der Waals surface area contributed by atoms with Crippen LogP contribution in [0.25, 0.3) is 33.2 Å². The Balaban J connectivity index is 1.43. The molecule has 1 spiro atoms. The average molecular weight is 425 g/mol. The maximum Gasteiger partial charge on any atom is 0.245 e. The number of hydrogen-bond donors (Lipinski definition) is 1. The molecule has 0 aliphatic carbocycles. The third-order valence-electron chi connectivity index (χ3n) is 6.77. The van der Waals surface area contributed by atoms with E-state index in [4.69, 9.17) is 9.97 Å². The highest BCUT2D eigenvalue weighted by Gasteiger charge is 2.49. The lowest BCUT2D eigenvalue weighted by Gasteiger charge is -2.47. The first-order valence-corrected chi connectivity index (χ1v) is 10.8. The Morgan fingerprint density at radius 2 is 2.09 bits per heavy atom. The average Bonchev–Trinajstić information content (AvgIpc) is 3.44. The molecule has 0 radical (unpaired) electrons. The minimum Gasteiger partial charge on any atom is -0.340 e. The van der Waals surface area contributed by atoms with E-state index in [0.29, 0.717) is 5.95 Å². The number of pyridine rings is 1. The zero-order valence-corrected chi connectivity index (χ0v) is 17.9. The number of amides is 1. The number of rotatable bonds is 3. The fourth-order valence-corrected chi connectivity index (χ4v) is 5.12. The van der Waals surface area contributed by atoms with Crippen LogP contribution in [-0.4, -0.2) is 62.1 Å². The van der Waals surface area contributed by atoms with Gasteiger partial charge in [0.15, 0.2) is 0 Å². The molecule has 2 aliphatic rings. The van der Waals surface area contributed by atoms with Crippen LogP contribution in [0.3, 0.4) is 0 Å². The molecule has 8 nitrogen and oxygen atoms in total. The third kappa shape index (κ3) is 2.79. The van der Waals surface area contributed by atoms with Crippen LogP contribution in [0.15, 0.2) is 49.3 Å². The second-order valence-corrected chi connectivity index (χ2v) is 8.90. The summed E-state index contributed by atoms with van der Waals surface area (Å²) >= 11 is 0. The van der Waals surface area contributed by atoms with E-state index in [9.17, 15) is 4.79 Å². The molecule has 2 aliphatic heterocycles. The van der Waals surface area contributed by atoms with Gasteiger partial charge < -0.3 is 9.80 Å². The van der Waals surface area contributed by atoms with Crippen LogP contribution in [0.1, 0.15) is 12.0 Å². The van der Waals surface area contributed by atoms with Crippen molar-refractivity contribution in [1.29, 1.82) is 0 Å². The highest BCUT2D eigenvalue weighted by atomic mass is 16.2. The van der Waals surface area contributed by atoms with E-state index in [-0.39, 0.29) is 11.3 Å². The van der Waals surface area contributed by atoms with Crippen molar-refractivity contribution in [3.05, 3.63) is 54.9 Å². The Morgan fingerprint density at radius 3 is 2.94 bits per heavy atom. The number of fused-ring (bicyclic) bond motifs is 2. The number of nitrogens with zero attached hydrogens (tertiary/aromatic N) is 6. The summed E-state index contributed by atoms with van der Waals surface area (Å²) < 4.78 is 0. The van der Waals surface area contributed by atoms with Crippen LogP contribution in [0.2, 0.25) is 0 Å². The first-order chi connectivity index (χ1) is 15.6. The van der Waals surface area contributed by atoms with Crippen molar-refractivity contribution in [3.8, 4) is 11.3 Å². The van der Waals surface area contributed by atoms with E-state index in [1.165, 1.54) is 6.08 Å². The molecule has 1 amide bonds. The molecule has 1 aromatic carbocycles. The maximum absolute atomic E-state index is 11.9. The first kappa shape index (κ1) is 18.9. The number of carbonyl (C=O) groups is 1. The van der Waals surface area contributed by atoms with Crippen LogP contribution in [-0.2, 0) is 4.79 Å². The molecule has 1 N–H and O–H groups in total. The van der Waals surface area contributed by atoms with Crippen LogP contribution >= 0.6 is 0 Å². The van der Waals surface area contributed by atoms with Gasteiger partial charge in [0.1, 0.15) is 11.2 Å². The Morgan fingerprint density at radius 1 is 1.22 bits per heavy atom. The Bertz CT molecular complexity index is 1390. The number of H-pyrrole nitrogens is 1. The van der Waals surface area contributed by atoms with Gasteiger partial charge in [-0.1, -0.05) is 12.6 Å². The molecule has 32 heavy (non-hydrogen) atoms. The van der Waals surface area contributed by atoms with Crippen molar-refractivity contribution < 1.29 is 4.79 Å². The van der Waals surface area contributed by atoms with Gasteiger partial charge in [0.25, 0.3) is 0 Å². The van der Waals surface area contributed by atoms with Crippen molar-refractivity contribution in [1.82, 2.24) is 30.0 Å². The van der Waals surface area contributed by atoms with Crippen molar-refractivity contribution >= 4 is 33.8 Å². The predicted molar refractivity (Wildman–Crippen MR) is 123 cm³/mol. The minimum absolute atomic E-state index is 0.00747. The van der Waals surface area contributed by atoms with Gasteiger partial charge in [-0.25, -0.2) is 9.97 Å². The minimum atomic E-state index is 0.00747. The second-order valence-electron chi connectivity index (χ2n) is 8.90. The summed E-state index contributed by atoms with van der Waals surface area (Å²) in [6.07, 6.45) is 6.04. The number of benzene rings is 1. The normalized spacial score (nSPS) is 17.3. The summed E-state index contributed by atoms with van der Waals surface area (Å²) in [7, 11) is 0. The highest BCUT2D eigenvalue weighted by molar-refractivity contribution is 6.02. The zero-order valence-electron chi connectivity index (χ0n) is 17.9. The third-order valence-corrected chi connectivity index (χ3v) is 6.77. The van der Waals surface area contributed by atoms with Crippen LogP contribution in [0.4, 0.5) is 5.95 Å². The standard InChI is InChI=1S/C24H23N7O/c1-3-19(32)31-13-24(14-31)8-10-30(12-24)23-27-18-5-4-9-25-21(18)22(28-23)20-15(2)6-7-17-16(20)11-26-29-17/h3-7,9,11H,1,8,10,12-14H2,2H3,(H,26,29). The van der Waals surface area contributed by atoms with E-state index >= 15 is 0 Å². The van der Waals surface area contributed by atoms with Crippen LogP contribution in [0, 0.1) is 12.3 Å². The number of aromatic amines is 1. The Kier molecular flexibility index (Phi) is 4.05. The molecule has 0 bridgehead atoms. The molecule has 2 saturated heterocycles. The van der Waals surface area contributed by atoms with Crippen LogP contribution < -0.4 is 4.90 Å². The molecule has 0 saturated carbocycles. The molecule has 0 unspecified atom stereocenters. The lowest BCUT2D eigenvalue weighted by Crippen LogP contribution is -2.59. The quantitative estimate of drug-likeness (QED) is 0.507. The highest BCUT2D eigenvalue weighted by Crippen LogP contribution is 2.41. The van der Waals surface area contributed by atoms with E-state index < -0.39 is 0 Å². The summed E-state index contributed by atoms with van der Waals surface area (Å²) in [5.74, 6) is 0.721. The molecule has 5 heterocycles. The molecule has 0 atom stereocenters. The summed E-state index contributed by atoms with van der Waals surface area (Å²) in [4.78, 5) is 30.6. The van der Waals surface area contributed by atoms with Crippen molar-refractivity contribution in [2.75, 3.05) is 31.1 Å². The molecule has 160 valence electrons. The number of aromatic nitrogens is 5. The van der Waals surface area contributed by atoms with Crippen molar-refractivity contribution in [2.45, 2.75) is 13.3 Å². The zero-order chi connectivity index (χ0) is 21.9. The van der Waals surface area contributed by atoms with Gasteiger partial charge in [-0.15, -0.1) is 0 Å². The summed E-state index contributed by atoms with van der Waals surface area (Å²) in [6, 6.07) is 8.01. The Hall–Kier alpha value is -3.81. The first-order valence-electron chi connectivity index (χ1n) is 10.8. The van der Waals surface area contributed by atoms with Crippen molar-refractivity contribution in [2.24, 2.45) is 5.41 Å². The number of hydrogen-bond acceptors (Lipinski definition) is 6. The van der Waals surface area contributed by atoms with Gasteiger partial charge in [0.05, 0.1) is 17.2 Å². The van der Waals surface area contributed by atoms with Gasteiger partial charge in [0, 0.05) is 48.7 Å². The lowest BCUT2D eigenvalue weighted by molar-refractivity contribution is -0.136. The second kappa shape index (κ2) is 6.85. The van der Waals surface area contributed by atoms with E-state index in [0.717, 1.165) is 71.4 Å². The summed E-state index contributed by atoms with van der Waals surface area (Å²) in [6.45, 7) is 8.93. The lowest BCUT2D eigenvalue weighted by atomic mass is 9.79. The van der Waals surface area contributed by atoms with Gasteiger partial charge in [-0.3, -0.25) is 14.9 Å². The SMILES string of the molecule is C=CC(=O)N1CC2(CCN(c3nc(-c4c(C)ccc5[nH]ncc45)c4ncccc4n3)C2)C1. The van der Waals surface area contributed by atoms with Crippen molar-refractivity contribution in [3.63, 3.8) is 0 Å². The molecule has 4 aromatic rings. The van der Waals surface area contributed by atoms with Gasteiger partial charge >= 0.3 is 0 Å². The maximum atomic E-state index is 11.9. The summed E-state index contributed by atoms with van der Waals surface area (Å²) in [5.41, 5.74) is 5.67. The van der Waals surface area contributed by atoms with E-state index in [1.54, 1.807) is 6.20 Å². The molecule has 6 rings (SSSR count). The van der Waals surface area contributed by atoms with Gasteiger partial charge in [0.2, 0.25) is 11.9 Å². The van der Waals surface area contributed by atoms with E-state index in [2.05, 4.69) is 39.7 Å². The largest absolute Gasteiger partial charge is 0.340 e. The number of likely N-dealkylation sites (tertiary alicyclic amines) is 1. The predicted octanol–water partition coefficient (Wildman–Crippen LogP) is 3.10. The monoisotopic (exact) mass is 425 g/mol. The molecular weight excluding hydrogens is 402 g/mol. The topological polar surface area (TPSA) is 90.9 Å². The smallest absolute Gasteiger partial charge is 0.245 e. The number of carbonyl (C=O) groups excluding carboxylic acids is 1. The fourth-order valence-electron chi connectivity index (χ4n) is 5.12. The van der Waals surface area contributed by atoms with Gasteiger partial charge in [-0.2, -0.15) is 5.10 Å². The number of aryl methyl sites for hydroxylation is 1. The number of nitrogens with one attached hydrogen (secondary N) is 1. The van der Waals surface area contributed by atoms with Crippen LogP contribution in [0.5, 0.6) is 0 Å².